The highest BCUT2D eigenvalue weighted by molar-refractivity contribution is 5.46. The summed E-state index contributed by atoms with van der Waals surface area (Å²) in [5.41, 5.74) is 3.01. The van der Waals surface area contributed by atoms with E-state index in [-0.39, 0.29) is 0 Å². The molecule has 0 bridgehead atoms. The third-order valence-corrected chi connectivity index (χ3v) is 4.69. The van der Waals surface area contributed by atoms with Crippen LogP contribution in [0.3, 0.4) is 0 Å². The first-order valence-corrected chi connectivity index (χ1v) is 8.68. The van der Waals surface area contributed by atoms with Crippen LogP contribution in [0.2, 0.25) is 0 Å². The normalized spacial score (nSPS) is 18.1. The maximum atomic E-state index is 5.44. The number of hydrogen-bond donors (Lipinski definition) is 0. The number of aromatic nitrogens is 5. The minimum absolute atomic E-state index is 0.447. The Hall–Kier alpha value is -2.54. The highest BCUT2D eigenvalue weighted by atomic mass is 16.5. The van der Waals surface area contributed by atoms with Crippen molar-refractivity contribution in [3.05, 3.63) is 47.7 Å². The molecule has 7 heteroatoms. The van der Waals surface area contributed by atoms with E-state index in [4.69, 9.17) is 4.52 Å². The molecule has 0 saturated carbocycles. The summed E-state index contributed by atoms with van der Waals surface area (Å²) < 4.78 is 7.54. The number of rotatable bonds is 5. The lowest BCUT2D eigenvalue weighted by Gasteiger charge is -2.23. The van der Waals surface area contributed by atoms with Crippen LogP contribution in [0.4, 0.5) is 0 Å². The standard InChI is InChI=1S/C18H22N6O/c1-13-10-14(2)24(21-13)11-15-6-5-9-23(15)12-17-20-18(22-25-17)16-7-3-4-8-19-16/h3-4,7-8,10,15H,5-6,9,11-12H2,1-2H3. The third-order valence-electron chi connectivity index (χ3n) is 4.69. The fourth-order valence-electron chi connectivity index (χ4n) is 3.46. The van der Waals surface area contributed by atoms with Crippen LogP contribution in [0.5, 0.6) is 0 Å². The van der Waals surface area contributed by atoms with Crippen LogP contribution in [-0.2, 0) is 13.1 Å². The summed E-state index contributed by atoms with van der Waals surface area (Å²) in [4.78, 5) is 11.2. The molecule has 0 amide bonds. The summed E-state index contributed by atoms with van der Waals surface area (Å²) in [6, 6.07) is 8.25. The molecule has 3 aromatic rings. The summed E-state index contributed by atoms with van der Waals surface area (Å²) in [5.74, 6) is 1.19. The number of aryl methyl sites for hydroxylation is 2. The fourth-order valence-corrected chi connectivity index (χ4v) is 3.46. The second-order valence-electron chi connectivity index (χ2n) is 6.60. The molecule has 25 heavy (non-hydrogen) atoms. The van der Waals surface area contributed by atoms with Crippen molar-refractivity contribution >= 4 is 0 Å². The average molecular weight is 338 g/mol. The van der Waals surface area contributed by atoms with Gasteiger partial charge in [0.1, 0.15) is 5.69 Å². The average Bonchev–Trinajstić information content (AvgIpc) is 3.32. The highest BCUT2D eigenvalue weighted by Gasteiger charge is 2.27. The number of likely N-dealkylation sites (tertiary alicyclic amines) is 1. The van der Waals surface area contributed by atoms with Crippen molar-refractivity contribution in [2.45, 2.75) is 45.8 Å². The fraction of sp³-hybridized carbons (Fsp3) is 0.444. The summed E-state index contributed by atoms with van der Waals surface area (Å²) in [5, 5.41) is 8.65. The molecule has 0 aliphatic carbocycles. The Kier molecular flexibility index (Phi) is 4.31. The molecule has 1 atom stereocenters. The number of hydrogen-bond acceptors (Lipinski definition) is 6. The van der Waals surface area contributed by atoms with Crippen molar-refractivity contribution < 1.29 is 4.52 Å². The maximum absolute atomic E-state index is 5.44. The van der Waals surface area contributed by atoms with Gasteiger partial charge in [-0.15, -0.1) is 0 Å². The van der Waals surface area contributed by atoms with Gasteiger partial charge in [0.25, 0.3) is 0 Å². The van der Waals surface area contributed by atoms with Crippen LogP contribution in [-0.4, -0.2) is 42.4 Å². The molecule has 3 aromatic heterocycles. The van der Waals surface area contributed by atoms with Crippen molar-refractivity contribution in [2.75, 3.05) is 6.54 Å². The quantitative estimate of drug-likeness (QED) is 0.712. The molecule has 1 saturated heterocycles. The van der Waals surface area contributed by atoms with E-state index in [1.54, 1.807) is 6.20 Å². The summed E-state index contributed by atoms with van der Waals surface area (Å²) in [6.45, 7) is 6.76. The summed E-state index contributed by atoms with van der Waals surface area (Å²) >= 11 is 0. The summed E-state index contributed by atoms with van der Waals surface area (Å²) in [6.07, 6.45) is 4.08. The van der Waals surface area contributed by atoms with Crippen LogP contribution >= 0.6 is 0 Å². The van der Waals surface area contributed by atoms with E-state index in [1.165, 1.54) is 18.5 Å². The molecule has 1 unspecified atom stereocenters. The monoisotopic (exact) mass is 338 g/mol. The lowest BCUT2D eigenvalue weighted by atomic mass is 10.2. The molecule has 0 aromatic carbocycles. The largest absolute Gasteiger partial charge is 0.337 e. The lowest BCUT2D eigenvalue weighted by Crippen LogP contribution is -2.33. The Bertz CT molecular complexity index is 840. The molecule has 7 nitrogen and oxygen atoms in total. The topological polar surface area (TPSA) is 72.9 Å². The van der Waals surface area contributed by atoms with Gasteiger partial charge in [-0.1, -0.05) is 11.2 Å². The highest BCUT2D eigenvalue weighted by Crippen LogP contribution is 2.22. The van der Waals surface area contributed by atoms with E-state index in [2.05, 4.69) is 42.8 Å². The van der Waals surface area contributed by atoms with Crippen LogP contribution in [0, 0.1) is 13.8 Å². The maximum Gasteiger partial charge on any atom is 0.241 e. The Morgan fingerprint density at radius 3 is 2.96 bits per heavy atom. The molecule has 4 rings (SSSR count). The van der Waals surface area contributed by atoms with E-state index in [0.717, 1.165) is 24.5 Å². The van der Waals surface area contributed by atoms with Crippen LogP contribution in [0.15, 0.2) is 35.0 Å². The Morgan fingerprint density at radius 2 is 2.20 bits per heavy atom. The van der Waals surface area contributed by atoms with Crippen molar-refractivity contribution in [2.24, 2.45) is 0 Å². The van der Waals surface area contributed by atoms with Gasteiger partial charge in [-0.25, -0.2) is 0 Å². The predicted octanol–water partition coefficient (Wildman–Crippen LogP) is 2.61. The zero-order valence-electron chi connectivity index (χ0n) is 14.6. The smallest absolute Gasteiger partial charge is 0.241 e. The van der Waals surface area contributed by atoms with Gasteiger partial charge in [-0.2, -0.15) is 10.1 Å². The van der Waals surface area contributed by atoms with E-state index in [0.29, 0.717) is 24.3 Å². The molecule has 0 radical (unpaired) electrons. The van der Waals surface area contributed by atoms with Gasteiger partial charge in [0, 0.05) is 17.9 Å². The Morgan fingerprint density at radius 1 is 1.28 bits per heavy atom. The zero-order chi connectivity index (χ0) is 17.2. The van der Waals surface area contributed by atoms with Gasteiger partial charge in [-0.05, 0) is 51.4 Å². The Balaban J connectivity index is 1.45. The van der Waals surface area contributed by atoms with Crippen molar-refractivity contribution in [3.8, 4) is 11.5 Å². The first-order chi connectivity index (χ1) is 12.2. The van der Waals surface area contributed by atoms with E-state index in [9.17, 15) is 0 Å². The van der Waals surface area contributed by atoms with Gasteiger partial charge in [0.15, 0.2) is 0 Å². The van der Waals surface area contributed by atoms with Gasteiger partial charge < -0.3 is 4.52 Å². The molecule has 1 aliphatic heterocycles. The van der Waals surface area contributed by atoms with Crippen LogP contribution in [0.25, 0.3) is 11.5 Å². The Labute approximate surface area is 146 Å². The number of pyridine rings is 1. The molecular formula is C18H22N6O. The molecule has 130 valence electrons. The molecule has 0 spiro atoms. The first kappa shape index (κ1) is 16.0. The van der Waals surface area contributed by atoms with Gasteiger partial charge in [0.05, 0.1) is 18.8 Å². The van der Waals surface area contributed by atoms with Crippen LogP contribution < -0.4 is 0 Å². The minimum atomic E-state index is 0.447. The van der Waals surface area contributed by atoms with Crippen molar-refractivity contribution in [1.29, 1.82) is 0 Å². The van der Waals surface area contributed by atoms with Gasteiger partial charge in [-0.3, -0.25) is 14.6 Å². The van der Waals surface area contributed by atoms with E-state index >= 15 is 0 Å². The van der Waals surface area contributed by atoms with Gasteiger partial charge >= 0.3 is 0 Å². The SMILES string of the molecule is Cc1cc(C)n(CC2CCCN2Cc2nc(-c3ccccn3)no2)n1. The molecule has 1 fully saturated rings. The minimum Gasteiger partial charge on any atom is -0.337 e. The lowest BCUT2D eigenvalue weighted by molar-refractivity contribution is 0.191. The first-order valence-electron chi connectivity index (χ1n) is 8.68. The predicted molar refractivity (Wildman–Crippen MR) is 92.7 cm³/mol. The molecular weight excluding hydrogens is 316 g/mol. The van der Waals surface area contributed by atoms with E-state index < -0.39 is 0 Å². The van der Waals surface area contributed by atoms with Crippen LogP contribution in [0.1, 0.15) is 30.1 Å². The second-order valence-corrected chi connectivity index (χ2v) is 6.60. The van der Waals surface area contributed by atoms with E-state index in [1.807, 2.05) is 25.1 Å². The van der Waals surface area contributed by atoms with Gasteiger partial charge in [0.2, 0.25) is 11.7 Å². The van der Waals surface area contributed by atoms with Crippen molar-refractivity contribution in [1.82, 2.24) is 29.8 Å². The molecule has 1 aliphatic rings. The molecule has 4 heterocycles. The molecule has 0 N–H and O–H groups in total. The third kappa shape index (κ3) is 3.46. The second kappa shape index (κ2) is 6.76. The number of nitrogens with zero attached hydrogens (tertiary/aromatic N) is 6. The van der Waals surface area contributed by atoms with Crippen molar-refractivity contribution in [3.63, 3.8) is 0 Å². The zero-order valence-corrected chi connectivity index (χ0v) is 14.6. The summed E-state index contributed by atoms with van der Waals surface area (Å²) in [7, 11) is 0.